The largest absolute Gasteiger partial charge is 0.295 e. The highest BCUT2D eigenvalue weighted by atomic mass is 32.1. The summed E-state index contributed by atoms with van der Waals surface area (Å²) in [6.45, 7) is 8.10. The molecule has 0 aliphatic rings. The van der Waals surface area contributed by atoms with Gasteiger partial charge in [-0.3, -0.25) is 4.79 Å². The average molecular weight is 273 g/mol. The van der Waals surface area contributed by atoms with E-state index < -0.39 is 0 Å². The zero-order valence-electron chi connectivity index (χ0n) is 11.9. The molecule has 0 radical (unpaired) electrons. The van der Waals surface area contributed by atoms with Crippen LogP contribution >= 0.6 is 11.3 Å². The second kappa shape index (κ2) is 5.25. The minimum absolute atomic E-state index is 0.0782. The summed E-state index contributed by atoms with van der Waals surface area (Å²) < 4.78 is 0. The Kier molecular flexibility index (Phi) is 3.85. The van der Waals surface area contributed by atoms with Crippen molar-refractivity contribution in [3.05, 3.63) is 51.5 Å². The standard InChI is InChI=1S/C16H19NOS/c1-11(18)13-8-6-5-7-12(13)9-15-17-14(10-19-15)16(2,3)4/h5-8,10H,9H2,1-4H3. The van der Waals surface area contributed by atoms with Crippen LogP contribution < -0.4 is 0 Å². The maximum atomic E-state index is 11.6. The molecule has 1 heterocycles. The molecule has 0 bridgehead atoms. The Morgan fingerprint density at radius 2 is 1.95 bits per heavy atom. The first kappa shape index (κ1) is 13.9. The Morgan fingerprint density at radius 3 is 2.53 bits per heavy atom. The van der Waals surface area contributed by atoms with Gasteiger partial charge in [0, 0.05) is 22.8 Å². The highest BCUT2D eigenvalue weighted by Gasteiger charge is 2.18. The summed E-state index contributed by atoms with van der Waals surface area (Å²) in [7, 11) is 0. The first-order valence-electron chi connectivity index (χ1n) is 6.41. The number of carbonyl (C=O) groups excluding carboxylic acids is 1. The lowest BCUT2D eigenvalue weighted by atomic mass is 9.93. The Morgan fingerprint density at radius 1 is 1.26 bits per heavy atom. The molecule has 1 aromatic carbocycles. The van der Waals surface area contributed by atoms with Crippen molar-refractivity contribution in [2.24, 2.45) is 0 Å². The topological polar surface area (TPSA) is 30.0 Å². The highest BCUT2D eigenvalue weighted by molar-refractivity contribution is 7.09. The van der Waals surface area contributed by atoms with Crippen LogP contribution in [0.5, 0.6) is 0 Å². The molecule has 19 heavy (non-hydrogen) atoms. The molecule has 0 aliphatic carbocycles. The number of nitrogens with zero attached hydrogens (tertiary/aromatic N) is 1. The van der Waals surface area contributed by atoms with Crippen LogP contribution in [-0.2, 0) is 11.8 Å². The smallest absolute Gasteiger partial charge is 0.160 e. The maximum Gasteiger partial charge on any atom is 0.160 e. The molecule has 2 rings (SSSR count). The van der Waals surface area contributed by atoms with Crippen molar-refractivity contribution < 1.29 is 4.79 Å². The third kappa shape index (κ3) is 3.29. The number of hydrogen-bond donors (Lipinski definition) is 0. The molecular formula is C16H19NOS. The molecule has 0 spiro atoms. The van der Waals surface area contributed by atoms with E-state index in [0.29, 0.717) is 0 Å². The molecule has 0 amide bonds. The van der Waals surface area contributed by atoms with Gasteiger partial charge in [-0.05, 0) is 12.5 Å². The number of carbonyl (C=O) groups is 1. The van der Waals surface area contributed by atoms with Gasteiger partial charge < -0.3 is 0 Å². The summed E-state index contributed by atoms with van der Waals surface area (Å²) in [5, 5.41) is 3.18. The normalized spacial score (nSPS) is 11.6. The highest BCUT2D eigenvalue weighted by Crippen LogP contribution is 2.25. The van der Waals surface area contributed by atoms with E-state index in [0.717, 1.165) is 28.2 Å². The van der Waals surface area contributed by atoms with Gasteiger partial charge in [0.05, 0.1) is 10.7 Å². The number of ketones is 1. The lowest BCUT2D eigenvalue weighted by Gasteiger charge is -2.14. The Labute approximate surface area is 118 Å². The molecule has 0 aliphatic heterocycles. The maximum absolute atomic E-state index is 11.6. The molecule has 0 unspecified atom stereocenters. The van der Waals surface area contributed by atoms with Crippen molar-refractivity contribution in [1.82, 2.24) is 4.98 Å². The van der Waals surface area contributed by atoms with Gasteiger partial charge in [0.1, 0.15) is 0 Å². The van der Waals surface area contributed by atoms with E-state index in [4.69, 9.17) is 0 Å². The lowest BCUT2D eigenvalue weighted by molar-refractivity contribution is 0.101. The molecule has 0 N–H and O–H groups in total. The fraction of sp³-hybridized carbons (Fsp3) is 0.375. The molecule has 1 aromatic heterocycles. The average Bonchev–Trinajstić information content (AvgIpc) is 2.77. The number of hydrogen-bond acceptors (Lipinski definition) is 3. The Hall–Kier alpha value is -1.48. The van der Waals surface area contributed by atoms with Gasteiger partial charge in [-0.25, -0.2) is 4.98 Å². The van der Waals surface area contributed by atoms with Crippen LogP contribution in [-0.4, -0.2) is 10.8 Å². The first-order valence-corrected chi connectivity index (χ1v) is 7.29. The summed E-state index contributed by atoms with van der Waals surface area (Å²) >= 11 is 1.67. The second-order valence-electron chi connectivity index (χ2n) is 5.77. The van der Waals surface area contributed by atoms with Crippen LogP contribution in [0.1, 0.15) is 54.3 Å². The van der Waals surface area contributed by atoms with Gasteiger partial charge in [0.15, 0.2) is 5.78 Å². The van der Waals surface area contributed by atoms with E-state index in [1.54, 1.807) is 18.3 Å². The molecule has 2 aromatic rings. The second-order valence-corrected chi connectivity index (χ2v) is 6.71. The number of thiazole rings is 1. The van der Waals surface area contributed by atoms with Gasteiger partial charge in [0.2, 0.25) is 0 Å². The predicted molar refractivity (Wildman–Crippen MR) is 80.1 cm³/mol. The summed E-state index contributed by atoms with van der Waals surface area (Å²) in [5.41, 5.74) is 3.06. The molecule has 0 saturated carbocycles. The van der Waals surface area contributed by atoms with Gasteiger partial charge in [-0.15, -0.1) is 11.3 Å². The van der Waals surface area contributed by atoms with Crippen molar-refractivity contribution in [3.8, 4) is 0 Å². The molecule has 0 saturated heterocycles. The molecule has 100 valence electrons. The van der Waals surface area contributed by atoms with Crippen LogP contribution in [0.25, 0.3) is 0 Å². The van der Waals surface area contributed by atoms with Crippen molar-refractivity contribution >= 4 is 17.1 Å². The first-order chi connectivity index (χ1) is 8.88. The minimum atomic E-state index is 0.0782. The SMILES string of the molecule is CC(=O)c1ccccc1Cc1nc(C(C)(C)C)cs1. The lowest BCUT2D eigenvalue weighted by Crippen LogP contribution is -2.11. The molecule has 2 nitrogen and oxygen atoms in total. The zero-order chi connectivity index (χ0) is 14.0. The minimum Gasteiger partial charge on any atom is -0.295 e. The third-order valence-corrected chi connectivity index (χ3v) is 3.91. The Bertz CT molecular complexity index is 593. The number of aromatic nitrogens is 1. The summed E-state index contributed by atoms with van der Waals surface area (Å²) in [5.74, 6) is 0.114. The number of Topliss-reactive ketones (excluding diaryl/α,β-unsaturated/α-hetero) is 1. The summed E-state index contributed by atoms with van der Waals surface area (Å²) in [6, 6.07) is 7.77. The quantitative estimate of drug-likeness (QED) is 0.783. The van der Waals surface area contributed by atoms with Crippen LogP contribution in [0, 0.1) is 0 Å². The van der Waals surface area contributed by atoms with Crippen molar-refractivity contribution in [2.45, 2.75) is 39.5 Å². The van der Waals surface area contributed by atoms with Gasteiger partial charge in [0.25, 0.3) is 0 Å². The van der Waals surface area contributed by atoms with E-state index in [9.17, 15) is 4.79 Å². The fourth-order valence-corrected chi connectivity index (χ4v) is 2.96. The summed E-state index contributed by atoms with van der Waals surface area (Å²) in [4.78, 5) is 16.3. The van der Waals surface area contributed by atoms with Crippen molar-refractivity contribution in [1.29, 1.82) is 0 Å². The van der Waals surface area contributed by atoms with E-state index in [2.05, 4.69) is 31.1 Å². The van der Waals surface area contributed by atoms with Gasteiger partial charge in [-0.1, -0.05) is 45.0 Å². The molecular weight excluding hydrogens is 254 g/mol. The monoisotopic (exact) mass is 273 g/mol. The van der Waals surface area contributed by atoms with Gasteiger partial charge >= 0.3 is 0 Å². The molecule has 0 atom stereocenters. The predicted octanol–water partition coefficient (Wildman–Crippen LogP) is 4.23. The molecule has 3 heteroatoms. The zero-order valence-corrected chi connectivity index (χ0v) is 12.7. The fourth-order valence-electron chi connectivity index (χ4n) is 1.92. The van der Waals surface area contributed by atoms with Gasteiger partial charge in [-0.2, -0.15) is 0 Å². The molecule has 0 fully saturated rings. The third-order valence-electron chi connectivity index (χ3n) is 3.06. The van der Waals surface area contributed by atoms with Crippen LogP contribution in [0.2, 0.25) is 0 Å². The van der Waals surface area contributed by atoms with Crippen LogP contribution in [0.4, 0.5) is 0 Å². The number of rotatable bonds is 3. The van der Waals surface area contributed by atoms with E-state index in [-0.39, 0.29) is 11.2 Å². The van der Waals surface area contributed by atoms with E-state index >= 15 is 0 Å². The summed E-state index contributed by atoms with van der Waals surface area (Å²) in [6.07, 6.45) is 0.733. The van der Waals surface area contributed by atoms with E-state index in [1.165, 1.54) is 0 Å². The van der Waals surface area contributed by atoms with Crippen molar-refractivity contribution in [2.75, 3.05) is 0 Å². The Balaban J connectivity index is 2.27. The van der Waals surface area contributed by atoms with Crippen molar-refractivity contribution in [3.63, 3.8) is 0 Å². The van der Waals surface area contributed by atoms with Crippen LogP contribution in [0.3, 0.4) is 0 Å². The van der Waals surface area contributed by atoms with E-state index in [1.807, 2.05) is 24.3 Å². The van der Waals surface area contributed by atoms with Crippen LogP contribution in [0.15, 0.2) is 29.6 Å². The number of benzene rings is 1.